The maximum Gasteiger partial charge on any atom is 0.495 e. The standard InChI is InChI=1S/C20H23BN2O2/c1-14-18(15-9-7-6-8-10-15)23-12-11-16(13-17(23)22-14)21-24-19(2,3)20(4,5)25-21/h6-13H,1-5H3. The number of nitrogens with zero attached hydrogens (tertiary/aromatic N) is 2. The second-order valence-electron chi connectivity index (χ2n) is 7.69. The van der Waals surface area contributed by atoms with E-state index in [9.17, 15) is 0 Å². The molecular weight excluding hydrogens is 311 g/mol. The molecule has 128 valence electrons. The largest absolute Gasteiger partial charge is 0.495 e. The SMILES string of the molecule is Cc1nc2cc(B3OC(C)(C)C(C)(C)O3)ccn2c1-c1ccccc1. The third-order valence-electron chi connectivity index (χ3n) is 5.40. The van der Waals surface area contributed by atoms with Gasteiger partial charge in [-0.05, 0) is 52.2 Å². The van der Waals surface area contributed by atoms with Crippen LogP contribution >= 0.6 is 0 Å². The molecule has 0 unspecified atom stereocenters. The van der Waals surface area contributed by atoms with Crippen molar-refractivity contribution in [3.63, 3.8) is 0 Å². The number of pyridine rings is 1. The molecular formula is C20H23BN2O2. The Hall–Kier alpha value is -2.11. The molecule has 0 N–H and O–H groups in total. The van der Waals surface area contributed by atoms with Crippen molar-refractivity contribution in [2.75, 3.05) is 0 Å². The van der Waals surface area contributed by atoms with Gasteiger partial charge in [-0.1, -0.05) is 30.3 Å². The third-order valence-corrected chi connectivity index (χ3v) is 5.40. The van der Waals surface area contributed by atoms with Crippen LogP contribution in [0.15, 0.2) is 48.7 Å². The summed E-state index contributed by atoms with van der Waals surface area (Å²) in [5.41, 5.74) is 4.51. The molecule has 3 aromatic rings. The maximum absolute atomic E-state index is 6.16. The van der Waals surface area contributed by atoms with Crippen LogP contribution in [-0.2, 0) is 9.31 Å². The van der Waals surface area contributed by atoms with Crippen molar-refractivity contribution in [1.82, 2.24) is 9.38 Å². The van der Waals surface area contributed by atoms with Gasteiger partial charge in [-0.2, -0.15) is 0 Å². The lowest BCUT2D eigenvalue weighted by molar-refractivity contribution is 0.00578. The topological polar surface area (TPSA) is 35.8 Å². The molecule has 1 saturated heterocycles. The first-order valence-corrected chi connectivity index (χ1v) is 8.68. The van der Waals surface area contributed by atoms with E-state index in [1.165, 1.54) is 0 Å². The minimum atomic E-state index is -0.368. The molecule has 1 fully saturated rings. The summed E-state index contributed by atoms with van der Waals surface area (Å²) in [6, 6.07) is 14.5. The number of imidazole rings is 1. The van der Waals surface area contributed by atoms with Crippen molar-refractivity contribution in [1.29, 1.82) is 0 Å². The number of rotatable bonds is 2. The molecule has 0 spiro atoms. The van der Waals surface area contributed by atoms with Crippen LogP contribution in [-0.4, -0.2) is 27.7 Å². The number of hydrogen-bond acceptors (Lipinski definition) is 3. The number of aromatic nitrogens is 2. The number of benzene rings is 1. The van der Waals surface area contributed by atoms with E-state index in [2.05, 4.69) is 62.6 Å². The van der Waals surface area contributed by atoms with E-state index in [0.717, 1.165) is 28.1 Å². The minimum Gasteiger partial charge on any atom is -0.399 e. The van der Waals surface area contributed by atoms with Crippen LogP contribution in [0.25, 0.3) is 16.9 Å². The number of fused-ring (bicyclic) bond motifs is 1. The third kappa shape index (κ3) is 2.59. The summed E-state index contributed by atoms with van der Waals surface area (Å²) in [6.45, 7) is 10.3. The first kappa shape index (κ1) is 16.4. The van der Waals surface area contributed by atoms with Gasteiger partial charge in [-0.25, -0.2) is 4.98 Å². The highest BCUT2D eigenvalue weighted by Crippen LogP contribution is 2.36. The lowest BCUT2D eigenvalue weighted by Crippen LogP contribution is -2.41. The highest BCUT2D eigenvalue weighted by Gasteiger charge is 2.51. The van der Waals surface area contributed by atoms with Crippen LogP contribution in [0.1, 0.15) is 33.4 Å². The van der Waals surface area contributed by atoms with Gasteiger partial charge in [0.15, 0.2) is 0 Å². The Bertz CT molecular complexity index is 916. The first-order chi connectivity index (χ1) is 11.8. The molecule has 1 aliphatic rings. The van der Waals surface area contributed by atoms with E-state index < -0.39 is 0 Å². The van der Waals surface area contributed by atoms with Gasteiger partial charge in [-0.15, -0.1) is 0 Å². The van der Waals surface area contributed by atoms with Crippen LogP contribution in [0.4, 0.5) is 0 Å². The zero-order valence-corrected chi connectivity index (χ0v) is 15.4. The van der Waals surface area contributed by atoms with Crippen LogP contribution in [0.5, 0.6) is 0 Å². The molecule has 4 rings (SSSR count). The quantitative estimate of drug-likeness (QED) is 0.672. The van der Waals surface area contributed by atoms with Gasteiger partial charge in [-0.3, -0.25) is 4.40 Å². The van der Waals surface area contributed by atoms with Gasteiger partial charge in [0.05, 0.1) is 22.6 Å². The first-order valence-electron chi connectivity index (χ1n) is 8.68. The smallest absolute Gasteiger partial charge is 0.399 e. The molecule has 0 atom stereocenters. The van der Waals surface area contributed by atoms with Gasteiger partial charge < -0.3 is 9.31 Å². The Kier molecular flexibility index (Phi) is 3.57. The van der Waals surface area contributed by atoms with Crippen molar-refractivity contribution in [2.24, 2.45) is 0 Å². The normalized spacial score (nSPS) is 18.8. The molecule has 0 aliphatic carbocycles. The molecule has 1 aromatic carbocycles. The molecule has 3 heterocycles. The van der Waals surface area contributed by atoms with E-state index in [-0.39, 0.29) is 18.3 Å². The van der Waals surface area contributed by atoms with Gasteiger partial charge in [0.25, 0.3) is 0 Å². The molecule has 25 heavy (non-hydrogen) atoms. The fraction of sp³-hybridized carbons (Fsp3) is 0.350. The summed E-state index contributed by atoms with van der Waals surface area (Å²) in [7, 11) is -0.368. The Balaban J connectivity index is 1.76. The molecule has 0 bridgehead atoms. The summed E-state index contributed by atoms with van der Waals surface area (Å²) in [5.74, 6) is 0. The van der Waals surface area contributed by atoms with Gasteiger partial charge in [0.1, 0.15) is 5.65 Å². The molecule has 4 nitrogen and oxygen atoms in total. The van der Waals surface area contributed by atoms with Crippen LogP contribution < -0.4 is 5.46 Å². The van der Waals surface area contributed by atoms with Crippen molar-refractivity contribution in [2.45, 2.75) is 45.8 Å². The van der Waals surface area contributed by atoms with Crippen LogP contribution in [0.2, 0.25) is 0 Å². The number of aryl methyl sites for hydroxylation is 1. The fourth-order valence-corrected chi connectivity index (χ4v) is 3.25. The fourth-order valence-electron chi connectivity index (χ4n) is 3.25. The van der Waals surface area contributed by atoms with Crippen molar-refractivity contribution >= 4 is 18.2 Å². The molecule has 2 aromatic heterocycles. The molecule has 0 amide bonds. The molecule has 5 heteroatoms. The van der Waals surface area contributed by atoms with E-state index >= 15 is 0 Å². The maximum atomic E-state index is 6.16. The lowest BCUT2D eigenvalue weighted by Gasteiger charge is -2.32. The van der Waals surface area contributed by atoms with Crippen molar-refractivity contribution in [3.8, 4) is 11.3 Å². The van der Waals surface area contributed by atoms with E-state index in [1.807, 2.05) is 25.1 Å². The summed E-state index contributed by atoms with van der Waals surface area (Å²) < 4.78 is 14.4. The van der Waals surface area contributed by atoms with Gasteiger partial charge in [0.2, 0.25) is 0 Å². The Morgan fingerprint density at radius 1 is 0.960 bits per heavy atom. The molecule has 0 saturated carbocycles. The average Bonchev–Trinajstić information content (AvgIpc) is 2.99. The van der Waals surface area contributed by atoms with Crippen molar-refractivity contribution in [3.05, 3.63) is 54.4 Å². The Labute approximate surface area is 148 Å². The predicted octanol–water partition coefficient (Wildman–Crippen LogP) is 3.61. The average molecular weight is 334 g/mol. The second kappa shape index (κ2) is 5.45. The van der Waals surface area contributed by atoms with Gasteiger partial charge in [0, 0.05) is 11.8 Å². The zero-order chi connectivity index (χ0) is 17.8. The Morgan fingerprint density at radius 2 is 1.60 bits per heavy atom. The monoisotopic (exact) mass is 334 g/mol. The lowest BCUT2D eigenvalue weighted by atomic mass is 9.80. The van der Waals surface area contributed by atoms with E-state index in [1.54, 1.807) is 0 Å². The van der Waals surface area contributed by atoms with E-state index in [0.29, 0.717) is 0 Å². The highest BCUT2D eigenvalue weighted by molar-refractivity contribution is 6.62. The summed E-state index contributed by atoms with van der Waals surface area (Å²) in [6.07, 6.45) is 2.05. The summed E-state index contributed by atoms with van der Waals surface area (Å²) >= 11 is 0. The van der Waals surface area contributed by atoms with Crippen LogP contribution in [0, 0.1) is 6.92 Å². The molecule has 1 aliphatic heterocycles. The molecule has 0 radical (unpaired) electrons. The van der Waals surface area contributed by atoms with Crippen LogP contribution in [0.3, 0.4) is 0 Å². The Morgan fingerprint density at radius 3 is 2.24 bits per heavy atom. The second-order valence-corrected chi connectivity index (χ2v) is 7.69. The zero-order valence-electron chi connectivity index (χ0n) is 15.4. The number of hydrogen-bond donors (Lipinski definition) is 0. The summed E-state index contributed by atoms with van der Waals surface area (Å²) in [4.78, 5) is 4.75. The van der Waals surface area contributed by atoms with Gasteiger partial charge >= 0.3 is 7.12 Å². The van der Waals surface area contributed by atoms with Crippen molar-refractivity contribution < 1.29 is 9.31 Å². The van der Waals surface area contributed by atoms with E-state index in [4.69, 9.17) is 14.3 Å². The predicted molar refractivity (Wildman–Crippen MR) is 101 cm³/mol. The highest BCUT2D eigenvalue weighted by atomic mass is 16.7. The summed E-state index contributed by atoms with van der Waals surface area (Å²) in [5, 5.41) is 0. The minimum absolute atomic E-state index is 0.343.